The highest BCUT2D eigenvalue weighted by Gasteiger charge is 2.42. The van der Waals surface area contributed by atoms with Crippen LogP contribution in [0.15, 0.2) is 0 Å². The fraction of sp³-hybridized carbons (Fsp3) is 0.917. The Balaban J connectivity index is 1.74. The molecule has 0 aliphatic heterocycles. The molecule has 0 aromatic carbocycles. The molecule has 1 amide bonds. The fourth-order valence-electron chi connectivity index (χ4n) is 2.26. The molecule has 1 N–H and O–H groups in total. The van der Waals surface area contributed by atoms with Crippen LogP contribution in [-0.2, 0) is 4.79 Å². The third kappa shape index (κ3) is 3.39. The van der Waals surface area contributed by atoms with Crippen molar-refractivity contribution < 1.29 is 13.6 Å². The second-order valence-electron chi connectivity index (χ2n) is 5.48. The smallest absolute Gasteiger partial charge is 0.248 e. The highest BCUT2D eigenvalue weighted by Crippen LogP contribution is 2.46. The predicted octanol–water partition coefficient (Wildman–Crippen LogP) is 3.10. The topological polar surface area (TPSA) is 29.1 Å². The van der Waals surface area contributed by atoms with E-state index in [-0.39, 0.29) is 30.1 Å². The van der Waals surface area contributed by atoms with Crippen LogP contribution in [-0.4, -0.2) is 23.7 Å². The number of alkyl halides is 3. The van der Waals surface area contributed by atoms with E-state index >= 15 is 0 Å². The van der Waals surface area contributed by atoms with E-state index in [9.17, 15) is 13.6 Å². The highest BCUT2D eigenvalue weighted by molar-refractivity contribution is 9.09. The molecule has 17 heavy (non-hydrogen) atoms. The highest BCUT2D eigenvalue weighted by atomic mass is 79.9. The summed E-state index contributed by atoms with van der Waals surface area (Å²) in [5, 5.41) is 3.83. The number of carbonyl (C=O) groups excluding carboxylic acids is 1. The molecule has 0 atom stereocenters. The van der Waals surface area contributed by atoms with E-state index in [1.54, 1.807) is 0 Å². The maximum absolute atomic E-state index is 12.9. The number of rotatable bonds is 4. The largest absolute Gasteiger partial charge is 0.355 e. The van der Waals surface area contributed by atoms with E-state index in [1.165, 1.54) is 0 Å². The number of carbonyl (C=O) groups is 1. The van der Waals surface area contributed by atoms with Crippen LogP contribution in [0.3, 0.4) is 0 Å². The maximum atomic E-state index is 12.9. The van der Waals surface area contributed by atoms with Crippen molar-refractivity contribution in [2.24, 2.45) is 11.3 Å². The van der Waals surface area contributed by atoms with Gasteiger partial charge in [0, 0.05) is 30.6 Å². The summed E-state index contributed by atoms with van der Waals surface area (Å²) in [6, 6.07) is 0. The molecule has 5 heteroatoms. The number of halogens is 3. The lowest BCUT2D eigenvalue weighted by Crippen LogP contribution is -2.38. The number of amides is 1. The van der Waals surface area contributed by atoms with Gasteiger partial charge in [0.1, 0.15) is 0 Å². The molecular formula is C12H18BrF2NO. The zero-order valence-corrected chi connectivity index (χ0v) is 11.4. The normalized spacial score (nSPS) is 26.5. The molecule has 0 unspecified atom stereocenters. The first kappa shape index (κ1) is 13.2. The predicted molar refractivity (Wildman–Crippen MR) is 65.4 cm³/mol. The Hall–Kier alpha value is -0.190. The lowest BCUT2D eigenvalue weighted by Gasteiger charge is -2.27. The van der Waals surface area contributed by atoms with Crippen molar-refractivity contribution >= 4 is 21.8 Å². The zero-order valence-electron chi connectivity index (χ0n) is 9.78. The van der Waals surface area contributed by atoms with Crippen molar-refractivity contribution in [2.45, 2.75) is 44.4 Å². The van der Waals surface area contributed by atoms with Gasteiger partial charge in [0.05, 0.1) is 0 Å². The Morgan fingerprint density at radius 1 is 1.24 bits per heavy atom. The monoisotopic (exact) mass is 309 g/mol. The zero-order chi connectivity index (χ0) is 12.5. The summed E-state index contributed by atoms with van der Waals surface area (Å²) in [5.74, 6) is -2.79. The van der Waals surface area contributed by atoms with Crippen LogP contribution in [0.4, 0.5) is 8.78 Å². The Morgan fingerprint density at radius 2 is 1.82 bits per heavy atom. The van der Waals surface area contributed by atoms with E-state index in [1.807, 2.05) is 0 Å². The Kier molecular flexibility index (Phi) is 3.76. The molecule has 2 aliphatic carbocycles. The molecule has 0 spiro atoms. The van der Waals surface area contributed by atoms with Gasteiger partial charge in [-0.2, -0.15) is 0 Å². The average molecular weight is 310 g/mol. The molecular weight excluding hydrogens is 292 g/mol. The van der Waals surface area contributed by atoms with Crippen molar-refractivity contribution in [3.8, 4) is 0 Å². The van der Waals surface area contributed by atoms with Crippen LogP contribution >= 0.6 is 15.9 Å². The van der Waals surface area contributed by atoms with Crippen LogP contribution in [0.25, 0.3) is 0 Å². The summed E-state index contributed by atoms with van der Waals surface area (Å²) in [4.78, 5) is 11.8. The van der Waals surface area contributed by atoms with E-state index < -0.39 is 5.92 Å². The van der Waals surface area contributed by atoms with Crippen molar-refractivity contribution in [1.29, 1.82) is 0 Å². The van der Waals surface area contributed by atoms with Gasteiger partial charge < -0.3 is 5.32 Å². The number of hydrogen-bond donors (Lipinski definition) is 1. The molecule has 98 valence electrons. The third-order valence-corrected chi connectivity index (χ3v) is 5.16. The van der Waals surface area contributed by atoms with Gasteiger partial charge in [0.15, 0.2) is 0 Å². The summed E-state index contributed by atoms with van der Waals surface area (Å²) in [6.07, 6.45) is 2.63. The summed E-state index contributed by atoms with van der Waals surface area (Å²) in [7, 11) is 0. The average Bonchev–Trinajstić information content (AvgIpc) is 3.06. The van der Waals surface area contributed by atoms with Crippen molar-refractivity contribution in [3.05, 3.63) is 0 Å². The maximum Gasteiger partial charge on any atom is 0.248 e. The summed E-state index contributed by atoms with van der Waals surface area (Å²) < 4.78 is 25.9. The van der Waals surface area contributed by atoms with Gasteiger partial charge in [-0.3, -0.25) is 4.79 Å². The minimum atomic E-state index is -2.55. The molecule has 2 saturated carbocycles. The van der Waals surface area contributed by atoms with Gasteiger partial charge in [0.25, 0.3) is 0 Å². The van der Waals surface area contributed by atoms with Gasteiger partial charge in [-0.1, -0.05) is 15.9 Å². The van der Waals surface area contributed by atoms with E-state index in [0.717, 1.165) is 18.2 Å². The summed E-state index contributed by atoms with van der Waals surface area (Å²) in [6.45, 7) is 0.685. The summed E-state index contributed by atoms with van der Waals surface area (Å²) >= 11 is 3.44. The Labute approximate surface area is 109 Å². The van der Waals surface area contributed by atoms with Gasteiger partial charge in [-0.05, 0) is 31.1 Å². The molecule has 0 saturated heterocycles. The molecule has 2 fully saturated rings. The van der Waals surface area contributed by atoms with Crippen molar-refractivity contribution in [2.75, 3.05) is 11.9 Å². The van der Waals surface area contributed by atoms with Crippen molar-refractivity contribution in [3.63, 3.8) is 0 Å². The van der Waals surface area contributed by atoms with Crippen LogP contribution in [0.2, 0.25) is 0 Å². The fourth-order valence-corrected chi connectivity index (χ4v) is 3.01. The van der Waals surface area contributed by atoms with Crippen LogP contribution in [0, 0.1) is 11.3 Å². The standard InChI is InChI=1S/C12H18BrF2NO/c13-7-11(5-6-11)8-16-10(17)9-1-3-12(14,15)4-2-9/h9H,1-8H2,(H,16,17). The van der Waals surface area contributed by atoms with Gasteiger partial charge >= 0.3 is 0 Å². The minimum Gasteiger partial charge on any atom is -0.355 e. The van der Waals surface area contributed by atoms with E-state index in [0.29, 0.717) is 19.4 Å². The molecule has 0 heterocycles. The van der Waals surface area contributed by atoms with E-state index in [2.05, 4.69) is 21.2 Å². The first-order valence-electron chi connectivity index (χ1n) is 6.18. The number of hydrogen-bond acceptors (Lipinski definition) is 1. The molecule has 0 aromatic heterocycles. The SMILES string of the molecule is O=C(NCC1(CBr)CC1)C1CCC(F)(F)CC1. The molecule has 0 aromatic rings. The van der Waals surface area contributed by atoms with E-state index in [4.69, 9.17) is 0 Å². The molecule has 2 nitrogen and oxygen atoms in total. The first-order chi connectivity index (χ1) is 7.96. The molecule has 2 aliphatic rings. The Morgan fingerprint density at radius 3 is 2.29 bits per heavy atom. The third-order valence-electron chi connectivity index (χ3n) is 3.97. The van der Waals surface area contributed by atoms with Gasteiger partial charge in [-0.25, -0.2) is 8.78 Å². The Bertz CT molecular complexity index is 295. The second-order valence-corrected chi connectivity index (χ2v) is 6.04. The molecule has 0 radical (unpaired) electrons. The van der Waals surface area contributed by atoms with Crippen LogP contribution in [0.1, 0.15) is 38.5 Å². The first-order valence-corrected chi connectivity index (χ1v) is 7.30. The molecule has 0 bridgehead atoms. The van der Waals surface area contributed by atoms with Gasteiger partial charge in [-0.15, -0.1) is 0 Å². The van der Waals surface area contributed by atoms with Crippen LogP contribution in [0.5, 0.6) is 0 Å². The number of nitrogens with one attached hydrogen (secondary N) is 1. The van der Waals surface area contributed by atoms with Crippen molar-refractivity contribution in [1.82, 2.24) is 5.32 Å². The molecule has 2 rings (SSSR count). The summed E-state index contributed by atoms with van der Waals surface area (Å²) in [5.41, 5.74) is 0.244. The lowest BCUT2D eigenvalue weighted by atomic mass is 9.86. The minimum absolute atomic E-state index is 0.0345. The quantitative estimate of drug-likeness (QED) is 0.794. The van der Waals surface area contributed by atoms with Crippen LogP contribution < -0.4 is 5.32 Å². The second kappa shape index (κ2) is 4.82. The van der Waals surface area contributed by atoms with Gasteiger partial charge in [0.2, 0.25) is 11.8 Å². The lowest BCUT2D eigenvalue weighted by molar-refractivity contribution is -0.129.